The van der Waals surface area contributed by atoms with Crippen LogP contribution in [0, 0.1) is 18.3 Å². The summed E-state index contributed by atoms with van der Waals surface area (Å²) < 4.78 is 0. The van der Waals surface area contributed by atoms with Crippen molar-refractivity contribution < 1.29 is 4.79 Å². The van der Waals surface area contributed by atoms with E-state index >= 15 is 0 Å². The number of carbonyl (C=O) groups excluding carboxylic acids is 1. The van der Waals surface area contributed by atoms with E-state index in [0.717, 1.165) is 54.5 Å². The maximum absolute atomic E-state index is 12.7. The monoisotopic (exact) mass is 444 g/mol. The van der Waals surface area contributed by atoms with Crippen LogP contribution < -0.4 is 10.6 Å². The number of nitrogens with one attached hydrogen (secondary N) is 3. The summed E-state index contributed by atoms with van der Waals surface area (Å²) in [5.41, 5.74) is 1.83. The van der Waals surface area contributed by atoms with Crippen LogP contribution in [0.2, 0.25) is 0 Å². The highest BCUT2D eigenvalue weighted by Gasteiger charge is 2.40. The van der Waals surface area contributed by atoms with Gasteiger partial charge in [0.25, 0.3) is 0 Å². The number of hydrogen-bond donors (Lipinski definition) is 3. The molecule has 1 unspecified atom stereocenters. The topological polar surface area (TPSA) is 123 Å². The minimum absolute atomic E-state index is 0.123. The molecule has 2 bridgehead atoms. The molecule has 3 aromatic heterocycles. The van der Waals surface area contributed by atoms with Gasteiger partial charge in [-0.1, -0.05) is 0 Å². The number of aromatic amines is 1. The Morgan fingerprint density at radius 1 is 1.27 bits per heavy atom. The van der Waals surface area contributed by atoms with E-state index in [2.05, 4.69) is 36.8 Å². The fourth-order valence-electron chi connectivity index (χ4n) is 5.25. The van der Waals surface area contributed by atoms with Crippen molar-refractivity contribution in [1.29, 1.82) is 5.26 Å². The van der Waals surface area contributed by atoms with E-state index in [9.17, 15) is 4.79 Å². The first-order chi connectivity index (χ1) is 16.1. The molecule has 3 aromatic rings. The van der Waals surface area contributed by atoms with Gasteiger partial charge >= 0.3 is 0 Å². The van der Waals surface area contributed by atoms with Gasteiger partial charge in [-0.3, -0.25) is 14.9 Å². The van der Waals surface area contributed by atoms with Crippen molar-refractivity contribution in [3.05, 3.63) is 36.2 Å². The molecule has 0 spiro atoms. The van der Waals surface area contributed by atoms with Crippen LogP contribution in [0.5, 0.6) is 0 Å². The van der Waals surface area contributed by atoms with Crippen molar-refractivity contribution in [2.24, 2.45) is 0 Å². The number of amides is 1. The summed E-state index contributed by atoms with van der Waals surface area (Å²) in [6.07, 6.45) is 7.34. The van der Waals surface area contributed by atoms with Gasteiger partial charge in [0.05, 0.1) is 11.6 Å². The molecule has 9 nitrogen and oxygen atoms in total. The highest BCUT2D eigenvalue weighted by atomic mass is 16.2. The first kappa shape index (κ1) is 21.2. The number of H-pyrrole nitrogens is 1. The zero-order chi connectivity index (χ0) is 22.8. The molecule has 2 aliphatic heterocycles. The number of rotatable bonds is 6. The lowest BCUT2D eigenvalue weighted by Gasteiger charge is -2.49. The first-order valence-corrected chi connectivity index (χ1v) is 11.6. The second-order valence-electron chi connectivity index (χ2n) is 9.00. The molecule has 0 aromatic carbocycles. The Morgan fingerprint density at radius 2 is 2.09 bits per heavy atom. The van der Waals surface area contributed by atoms with Gasteiger partial charge in [-0.25, -0.2) is 4.98 Å². The summed E-state index contributed by atoms with van der Waals surface area (Å²) in [7, 11) is 0. The normalized spacial score (nSPS) is 22.1. The quantitative estimate of drug-likeness (QED) is 0.524. The van der Waals surface area contributed by atoms with Crippen LogP contribution in [0.4, 0.5) is 17.5 Å². The lowest BCUT2D eigenvalue weighted by atomic mass is 9.81. The van der Waals surface area contributed by atoms with E-state index in [1.807, 2.05) is 31.2 Å². The number of hydrogen-bond acceptors (Lipinski definition) is 7. The molecule has 2 aliphatic rings. The molecule has 2 fully saturated rings. The summed E-state index contributed by atoms with van der Waals surface area (Å²) in [6, 6.07) is 10.6. The van der Waals surface area contributed by atoms with Crippen LogP contribution in [-0.2, 0) is 4.79 Å². The van der Waals surface area contributed by atoms with Crippen LogP contribution in [-0.4, -0.2) is 49.1 Å². The smallest absolute Gasteiger partial charge is 0.224 e. The Bertz CT molecular complexity index is 1180. The average Bonchev–Trinajstić information content (AvgIpc) is 3.21. The Labute approximate surface area is 192 Å². The van der Waals surface area contributed by atoms with Gasteiger partial charge in [0.2, 0.25) is 5.91 Å². The largest absolute Gasteiger partial charge is 0.367 e. The molecule has 1 amide bonds. The van der Waals surface area contributed by atoms with Gasteiger partial charge in [0.15, 0.2) is 5.82 Å². The Morgan fingerprint density at radius 3 is 2.82 bits per heavy atom. The third kappa shape index (κ3) is 4.46. The second-order valence-corrected chi connectivity index (χ2v) is 9.00. The summed E-state index contributed by atoms with van der Waals surface area (Å²) >= 11 is 0. The highest BCUT2D eigenvalue weighted by molar-refractivity contribution is 5.91. The third-order valence-corrected chi connectivity index (χ3v) is 6.62. The van der Waals surface area contributed by atoms with E-state index < -0.39 is 0 Å². The highest BCUT2D eigenvalue weighted by Crippen LogP contribution is 2.36. The van der Waals surface area contributed by atoms with E-state index in [1.54, 1.807) is 6.20 Å². The molecule has 0 aliphatic carbocycles. The van der Waals surface area contributed by atoms with E-state index in [-0.39, 0.29) is 30.5 Å². The van der Waals surface area contributed by atoms with Gasteiger partial charge in [0.1, 0.15) is 11.6 Å². The molecule has 170 valence electrons. The number of pyridine rings is 2. The van der Waals surface area contributed by atoms with Crippen molar-refractivity contribution in [1.82, 2.24) is 25.1 Å². The maximum atomic E-state index is 12.7. The van der Waals surface area contributed by atoms with Crippen LogP contribution in [0.3, 0.4) is 0 Å². The molecule has 3 atom stereocenters. The summed E-state index contributed by atoms with van der Waals surface area (Å²) in [4.78, 5) is 24.2. The van der Waals surface area contributed by atoms with Gasteiger partial charge in [-0.15, -0.1) is 0 Å². The van der Waals surface area contributed by atoms with E-state index in [4.69, 9.17) is 10.2 Å². The number of aryl methyl sites for hydroxylation is 1. The van der Waals surface area contributed by atoms with Crippen LogP contribution in [0.25, 0.3) is 10.9 Å². The second kappa shape index (κ2) is 9.06. The fraction of sp³-hybridized carbons (Fsp3) is 0.458. The van der Waals surface area contributed by atoms with Gasteiger partial charge in [0, 0.05) is 60.4 Å². The number of carbonyl (C=O) groups is 1. The molecule has 0 radical (unpaired) electrons. The Hall–Kier alpha value is -3.67. The minimum atomic E-state index is 0.123. The summed E-state index contributed by atoms with van der Waals surface area (Å²) in [5, 5.41) is 24.0. The number of piperidine rings is 2. The predicted molar refractivity (Wildman–Crippen MR) is 126 cm³/mol. The lowest BCUT2D eigenvalue weighted by Crippen LogP contribution is -2.57. The number of nitrogens with zero attached hydrogens (tertiary/aromatic N) is 5. The van der Waals surface area contributed by atoms with Crippen molar-refractivity contribution in [2.45, 2.75) is 70.0 Å². The number of aromatic nitrogens is 4. The number of fused-ring (bicyclic) bond motifs is 3. The van der Waals surface area contributed by atoms with Crippen molar-refractivity contribution >= 4 is 34.3 Å². The van der Waals surface area contributed by atoms with Crippen LogP contribution in [0.15, 0.2) is 30.5 Å². The maximum Gasteiger partial charge on any atom is 0.224 e. The Kier molecular flexibility index (Phi) is 5.82. The molecule has 33 heavy (non-hydrogen) atoms. The molecule has 5 heterocycles. The number of anilines is 3. The van der Waals surface area contributed by atoms with Crippen LogP contribution in [0.1, 0.15) is 50.6 Å². The van der Waals surface area contributed by atoms with Gasteiger partial charge in [-0.05, 0) is 51.2 Å². The fourth-order valence-corrected chi connectivity index (χ4v) is 5.25. The molecule has 2 saturated heterocycles. The van der Waals surface area contributed by atoms with Gasteiger partial charge in [-0.2, -0.15) is 10.4 Å². The molecule has 3 N–H and O–H groups in total. The molecule has 9 heteroatoms. The Balaban J connectivity index is 1.38. The standard InChI is InChI=1S/C24H28N8O/c1-15-11-22(31-30-15)28-21-14-20-19(7-4-10-26-20)24(29-21)27-16-12-17-5-2-6-18(13-16)32(17)23(33)8-3-9-25/h4,7,10-11,14,16-18H,2-3,5-6,8,12-13H2,1H3,(H3,27,28,29,30,31)/t16?,17-,18+. The molecular weight excluding hydrogens is 416 g/mol. The van der Waals surface area contributed by atoms with Gasteiger partial charge < -0.3 is 15.5 Å². The average molecular weight is 445 g/mol. The zero-order valence-electron chi connectivity index (χ0n) is 18.7. The lowest BCUT2D eigenvalue weighted by molar-refractivity contribution is -0.140. The van der Waals surface area contributed by atoms with E-state index in [0.29, 0.717) is 18.1 Å². The van der Waals surface area contributed by atoms with Crippen molar-refractivity contribution in [3.8, 4) is 6.07 Å². The summed E-state index contributed by atoms with van der Waals surface area (Å²) in [6.45, 7) is 1.95. The van der Waals surface area contributed by atoms with Crippen LogP contribution >= 0.6 is 0 Å². The molecular formula is C24H28N8O. The van der Waals surface area contributed by atoms with Crippen molar-refractivity contribution in [2.75, 3.05) is 10.6 Å². The first-order valence-electron chi connectivity index (χ1n) is 11.6. The predicted octanol–water partition coefficient (Wildman–Crippen LogP) is 4.03. The van der Waals surface area contributed by atoms with Crippen molar-refractivity contribution in [3.63, 3.8) is 0 Å². The SMILES string of the molecule is Cc1cc(Nc2cc3ncccc3c(NC3C[C@H]4CCC[C@@H](C3)N4C(=O)CCC#N)n2)n[nH]1. The van der Waals surface area contributed by atoms with E-state index in [1.165, 1.54) is 0 Å². The molecule has 0 saturated carbocycles. The summed E-state index contributed by atoms with van der Waals surface area (Å²) in [5.74, 6) is 2.31. The zero-order valence-corrected chi connectivity index (χ0v) is 18.7. The number of nitriles is 1. The third-order valence-electron chi connectivity index (χ3n) is 6.62. The molecule has 5 rings (SSSR count). The minimum Gasteiger partial charge on any atom is -0.367 e.